The number of ketones is 1. The van der Waals surface area contributed by atoms with Crippen LogP contribution in [0.4, 0.5) is 5.82 Å². The number of hydrogen-bond donors (Lipinski definition) is 1. The van der Waals surface area contributed by atoms with Crippen molar-refractivity contribution in [2.45, 2.75) is 32.6 Å². The van der Waals surface area contributed by atoms with Crippen LogP contribution in [0.25, 0.3) is 0 Å². The SMILES string of the molecule is Cn1c2c(c(=O)n(C)c1=O)C(c1cccc(Cl)c1Cl)C1=C(CC(C)(C)CC1=O)N2. The number of hydrogen-bond acceptors (Lipinski definition) is 4. The first kappa shape index (κ1) is 20.0. The van der Waals surface area contributed by atoms with Crippen LogP contribution >= 0.6 is 23.2 Å². The Hall–Kier alpha value is -2.31. The van der Waals surface area contributed by atoms with Crippen molar-refractivity contribution in [3.05, 3.63) is 71.5 Å². The minimum Gasteiger partial charge on any atom is -0.344 e. The molecule has 152 valence electrons. The summed E-state index contributed by atoms with van der Waals surface area (Å²) >= 11 is 12.8. The topological polar surface area (TPSA) is 73.1 Å². The van der Waals surface area contributed by atoms with Gasteiger partial charge in [-0.2, -0.15) is 0 Å². The Kier molecular flexibility index (Phi) is 4.55. The quantitative estimate of drug-likeness (QED) is 0.745. The summed E-state index contributed by atoms with van der Waals surface area (Å²) < 4.78 is 2.45. The van der Waals surface area contributed by atoms with E-state index < -0.39 is 17.2 Å². The summed E-state index contributed by atoms with van der Waals surface area (Å²) in [7, 11) is 3.03. The van der Waals surface area contributed by atoms with Gasteiger partial charge in [0.25, 0.3) is 5.56 Å². The summed E-state index contributed by atoms with van der Waals surface area (Å²) in [4.78, 5) is 38.9. The fraction of sp³-hybridized carbons (Fsp3) is 0.381. The van der Waals surface area contributed by atoms with Gasteiger partial charge in [0.1, 0.15) is 5.82 Å². The monoisotopic (exact) mass is 433 g/mol. The van der Waals surface area contributed by atoms with Gasteiger partial charge >= 0.3 is 5.69 Å². The molecule has 1 aliphatic carbocycles. The molecule has 0 amide bonds. The molecule has 29 heavy (non-hydrogen) atoms. The molecular formula is C21H21Cl2N3O3. The lowest BCUT2D eigenvalue weighted by atomic mass is 9.69. The van der Waals surface area contributed by atoms with E-state index in [0.717, 1.165) is 10.3 Å². The lowest BCUT2D eigenvalue weighted by Gasteiger charge is -2.39. The van der Waals surface area contributed by atoms with Crippen LogP contribution in [0, 0.1) is 5.41 Å². The second-order valence-electron chi connectivity index (χ2n) is 8.50. The molecule has 1 unspecified atom stereocenters. The van der Waals surface area contributed by atoms with Crippen LogP contribution in [-0.4, -0.2) is 14.9 Å². The van der Waals surface area contributed by atoms with Gasteiger partial charge < -0.3 is 5.32 Å². The van der Waals surface area contributed by atoms with E-state index in [1.165, 1.54) is 11.6 Å². The number of rotatable bonds is 1. The maximum absolute atomic E-state index is 13.2. The molecule has 0 radical (unpaired) electrons. The van der Waals surface area contributed by atoms with E-state index in [-0.39, 0.29) is 11.2 Å². The first-order chi connectivity index (χ1) is 13.5. The fourth-order valence-corrected chi connectivity index (χ4v) is 4.82. The summed E-state index contributed by atoms with van der Waals surface area (Å²) in [6, 6.07) is 5.18. The average molecular weight is 434 g/mol. The Morgan fingerprint density at radius 3 is 2.45 bits per heavy atom. The van der Waals surface area contributed by atoms with Crippen molar-refractivity contribution >= 4 is 34.8 Å². The normalized spacial score (nSPS) is 20.2. The minimum atomic E-state index is -0.693. The number of nitrogens with zero attached hydrogens (tertiary/aromatic N) is 2. The number of fused-ring (bicyclic) bond motifs is 1. The van der Waals surface area contributed by atoms with Crippen molar-refractivity contribution in [1.29, 1.82) is 0 Å². The van der Waals surface area contributed by atoms with Crippen molar-refractivity contribution < 1.29 is 4.79 Å². The molecular weight excluding hydrogens is 413 g/mol. The van der Waals surface area contributed by atoms with Crippen molar-refractivity contribution in [2.24, 2.45) is 19.5 Å². The molecule has 8 heteroatoms. The average Bonchev–Trinajstić information content (AvgIpc) is 2.64. The third-order valence-electron chi connectivity index (χ3n) is 5.76. The molecule has 0 spiro atoms. The van der Waals surface area contributed by atoms with Gasteiger partial charge in [-0.25, -0.2) is 4.79 Å². The van der Waals surface area contributed by atoms with E-state index >= 15 is 0 Å². The van der Waals surface area contributed by atoms with Crippen molar-refractivity contribution in [3.63, 3.8) is 0 Å². The third-order valence-corrected chi connectivity index (χ3v) is 6.59. The van der Waals surface area contributed by atoms with E-state index in [0.29, 0.717) is 45.4 Å². The van der Waals surface area contributed by atoms with Crippen LogP contribution < -0.4 is 16.6 Å². The molecule has 2 aromatic rings. The number of anilines is 1. The van der Waals surface area contributed by atoms with Crippen LogP contribution in [0.2, 0.25) is 10.0 Å². The van der Waals surface area contributed by atoms with Crippen molar-refractivity contribution in [3.8, 4) is 0 Å². The summed E-state index contributed by atoms with van der Waals surface area (Å²) in [5, 5.41) is 3.87. The summed E-state index contributed by atoms with van der Waals surface area (Å²) in [5.41, 5.74) is 1.02. The smallest absolute Gasteiger partial charge is 0.332 e. The molecule has 6 nitrogen and oxygen atoms in total. The number of nitrogens with one attached hydrogen (secondary N) is 1. The van der Waals surface area contributed by atoms with Crippen LogP contribution in [0.5, 0.6) is 0 Å². The molecule has 0 saturated heterocycles. The van der Waals surface area contributed by atoms with E-state index in [1.807, 2.05) is 13.8 Å². The molecule has 1 aromatic carbocycles. The first-order valence-electron chi connectivity index (χ1n) is 9.30. The Morgan fingerprint density at radius 1 is 1.07 bits per heavy atom. The van der Waals surface area contributed by atoms with Crippen LogP contribution in [0.1, 0.15) is 43.7 Å². The highest BCUT2D eigenvalue weighted by atomic mass is 35.5. The lowest BCUT2D eigenvalue weighted by Crippen LogP contribution is -2.45. The van der Waals surface area contributed by atoms with Gasteiger partial charge in [0, 0.05) is 37.7 Å². The van der Waals surface area contributed by atoms with E-state index in [2.05, 4.69) is 5.32 Å². The van der Waals surface area contributed by atoms with Crippen LogP contribution in [0.3, 0.4) is 0 Å². The van der Waals surface area contributed by atoms with Crippen LogP contribution in [0.15, 0.2) is 39.1 Å². The second kappa shape index (κ2) is 6.61. The molecule has 0 bridgehead atoms. The van der Waals surface area contributed by atoms with Crippen molar-refractivity contribution in [2.75, 3.05) is 5.32 Å². The van der Waals surface area contributed by atoms with E-state index in [1.54, 1.807) is 25.2 Å². The number of Topliss-reactive ketones (excluding diaryl/α,β-unsaturated/α-hetero) is 1. The Morgan fingerprint density at radius 2 is 1.76 bits per heavy atom. The highest BCUT2D eigenvalue weighted by molar-refractivity contribution is 6.42. The molecule has 0 saturated carbocycles. The number of carbonyl (C=O) groups is 1. The predicted octanol–water partition coefficient (Wildman–Crippen LogP) is 3.59. The molecule has 4 rings (SSSR count). The van der Waals surface area contributed by atoms with Gasteiger partial charge in [-0.15, -0.1) is 0 Å². The van der Waals surface area contributed by atoms with Gasteiger partial charge in [0.2, 0.25) is 0 Å². The van der Waals surface area contributed by atoms with E-state index in [9.17, 15) is 14.4 Å². The molecule has 2 aliphatic rings. The molecule has 1 aliphatic heterocycles. The maximum atomic E-state index is 13.2. The van der Waals surface area contributed by atoms with Gasteiger partial charge in [0.05, 0.1) is 15.6 Å². The number of benzene rings is 1. The van der Waals surface area contributed by atoms with Crippen LogP contribution in [-0.2, 0) is 18.9 Å². The maximum Gasteiger partial charge on any atom is 0.332 e. The zero-order chi connectivity index (χ0) is 21.2. The van der Waals surface area contributed by atoms with Gasteiger partial charge in [-0.3, -0.25) is 18.7 Å². The first-order valence-corrected chi connectivity index (χ1v) is 10.1. The standard InChI is InChI=1S/C21H21Cl2N3O3/c1-21(2)8-12-15(13(27)9-21)14(10-6-5-7-11(22)17(10)23)16-18(24-12)25(3)20(29)26(4)19(16)28/h5-7,14,24H,8-9H2,1-4H3. The zero-order valence-corrected chi connectivity index (χ0v) is 18.1. The summed E-state index contributed by atoms with van der Waals surface area (Å²) in [6.45, 7) is 4.05. The van der Waals surface area contributed by atoms with Crippen molar-refractivity contribution in [1.82, 2.24) is 9.13 Å². The number of halogens is 2. The van der Waals surface area contributed by atoms with Gasteiger partial charge in [-0.1, -0.05) is 49.2 Å². The number of allylic oxidation sites excluding steroid dienone is 2. The molecule has 2 heterocycles. The Bertz CT molecular complexity index is 1220. The Labute approximate surface area is 177 Å². The third kappa shape index (κ3) is 2.97. The molecule has 1 atom stereocenters. The highest BCUT2D eigenvalue weighted by Gasteiger charge is 2.43. The second-order valence-corrected chi connectivity index (χ2v) is 9.29. The molecule has 1 N–H and O–H groups in total. The Balaban J connectivity index is 2.12. The largest absolute Gasteiger partial charge is 0.344 e. The van der Waals surface area contributed by atoms with Gasteiger partial charge in [-0.05, 0) is 23.5 Å². The number of aromatic nitrogens is 2. The molecule has 0 fully saturated rings. The van der Waals surface area contributed by atoms with E-state index in [4.69, 9.17) is 23.2 Å². The lowest BCUT2D eigenvalue weighted by molar-refractivity contribution is -0.118. The highest BCUT2D eigenvalue weighted by Crippen LogP contribution is 2.49. The minimum absolute atomic E-state index is 0.0358. The summed E-state index contributed by atoms with van der Waals surface area (Å²) in [6.07, 6.45) is 0.981. The number of carbonyl (C=O) groups excluding carboxylic acids is 1. The fourth-order valence-electron chi connectivity index (χ4n) is 4.40. The summed E-state index contributed by atoms with van der Waals surface area (Å²) in [5.74, 6) is -0.337. The predicted molar refractivity (Wildman–Crippen MR) is 114 cm³/mol. The van der Waals surface area contributed by atoms with Gasteiger partial charge in [0.15, 0.2) is 5.78 Å². The zero-order valence-electron chi connectivity index (χ0n) is 16.6. The molecule has 1 aromatic heterocycles.